The lowest BCUT2D eigenvalue weighted by Crippen LogP contribution is -2.27. The maximum Gasteiger partial charge on any atom is 0.260 e. The summed E-state index contributed by atoms with van der Waals surface area (Å²) in [4.78, 5) is 18.5. The molecule has 1 N–H and O–H groups in total. The Bertz CT molecular complexity index is 632. The Kier molecular flexibility index (Phi) is 4.58. The molecule has 4 nitrogen and oxygen atoms in total. The van der Waals surface area contributed by atoms with Crippen molar-refractivity contribution in [1.82, 2.24) is 4.98 Å². The average molecular weight is 283 g/mol. The van der Waals surface area contributed by atoms with Crippen LogP contribution in [0.2, 0.25) is 0 Å². The summed E-state index contributed by atoms with van der Waals surface area (Å²) in [6.07, 6.45) is 3.33. The van der Waals surface area contributed by atoms with E-state index in [1.165, 1.54) is 0 Å². The lowest BCUT2D eigenvalue weighted by atomic mass is 10.1. The van der Waals surface area contributed by atoms with Gasteiger partial charge in [0.05, 0.1) is 17.4 Å². The molecule has 110 valence electrons. The molecule has 0 unspecified atom stereocenters. The van der Waals surface area contributed by atoms with Gasteiger partial charge in [0.2, 0.25) is 0 Å². The predicted molar refractivity (Wildman–Crippen MR) is 87.1 cm³/mol. The third kappa shape index (κ3) is 3.40. The van der Waals surface area contributed by atoms with E-state index in [-0.39, 0.29) is 5.91 Å². The zero-order valence-electron chi connectivity index (χ0n) is 13.0. The van der Waals surface area contributed by atoms with Gasteiger partial charge in [-0.1, -0.05) is 6.07 Å². The number of carbonyl (C=O) groups excluding carboxylic acids is 1. The van der Waals surface area contributed by atoms with Crippen LogP contribution in [-0.2, 0) is 0 Å². The minimum atomic E-state index is -0.0432. The molecule has 0 fully saturated rings. The van der Waals surface area contributed by atoms with E-state index in [1.807, 2.05) is 32.9 Å². The summed E-state index contributed by atoms with van der Waals surface area (Å²) in [7, 11) is 1.80. The number of benzene rings is 1. The van der Waals surface area contributed by atoms with E-state index in [2.05, 4.69) is 16.4 Å². The van der Waals surface area contributed by atoms with Gasteiger partial charge in [0, 0.05) is 25.5 Å². The van der Waals surface area contributed by atoms with Gasteiger partial charge < -0.3 is 10.2 Å². The highest BCUT2D eigenvalue weighted by atomic mass is 16.2. The first-order valence-corrected chi connectivity index (χ1v) is 7.07. The summed E-state index contributed by atoms with van der Waals surface area (Å²) in [5.74, 6) is -0.0432. The largest absolute Gasteiger partial charge is 0.383 e. The van der Waals surface area contributed by atoms with Crippen LogP contribution < -0.4 is 10.2 Å². The van der Waals surface area contributed by atoms with Gasteiger partial charge in [-0.15, -0.1) is 0 Å². The fourth-order valence-electron chi connectivity index (χ4n) is 2.35. The Hall–Kier alpha value is -2.36. The first kappa shape index (κ1) is 15.0. The lowest BCUT2D eigenvalue weighted by Gasteiger charge is -2.20. The number of rotatable bonds is 4. The zero-order chi connectivity index (χ0) is 15.4. The van der Waals surface area contributed by atoms with Gasteiger partial charge in [-0.3, -0.25) is 9.78 Å². The van der Waals surface area contributed by atoms with Crippen molar-refractivity contribution in [1.29, 1.82) is 0 Å². The first-order valence-electron chi connectivity index (χ1n) is 7.07. The Balaban J connectivity index is 2.35. The topological polar surface area (TPSA) is 45.2 Å². The summed E-state index contributed by atoms with van der Waals surface area (Å²) in [5.41, 5.74) is 4.59. The van der Waals surface area contributed by atoms with Gasteiger partial charge >= 0.3 is 0 Å². The number of nitrogens with one attached hydrogen (secondary N) is 1. The van der Waals surface area contributed by atoms with Gasteiger partial charge in [0.1, 0.15) is 0 Å². The van der Waals surface area contributed by atoms with Gasteiger partial charge in [-0.2, -0.15) is 0 Å². The normalized spacial score (nSPS) is 10.3. The van der Waals surface area contributed by atoms with E-state index < -0.39 is 0 Å². The Labute approximate surface area is 125 Å². The quantitative estimate of drug-likeness (QED) is 0.935. The van der Waals surface area contributed by atoms with Crippen molar-refractivity contribution >= 4 is 17.3 Å². The lowest BCUT2D eigenvalue weighted by molar-refractivity contribution is 0.0993. The van der Waals surface area contributed by atoms with E-state index in [0.717, 1.165) is 29.0 Å². The van der Waals surface area contributed by atoms with Crippen LogP contribution in [0.4, 0.5) is 11.4 Å². The third-order valence-electron chi connectivity index (χ3n) is 3.32. The maximum atomic E-state index is 12.7. The molecule has 0 saturated heterocycles. The number of amides is 1. The van der Waals surface area contributed by atoms with Crippen molar-refractivity contribution in [3.63, 3.8) is 0 Å². The van der Waals surface area contributed by atoms with Crippen molar-refractivity contribution in [2.45, 2.75) is 20.8 Å². The molecule has 1 aromatic heterocycles. The summed E-state index contributed by atoms with van der Waals surface area (Å²) in [6.45, 7) is 6.81. The number of pyridine rings is 1. The zero-order valence-corrected chi connectivity index (χ0v) is 13.0. The average Bonchev–Trinajstić information content (AvgIpc) is 2.45. The number of carbonyl (C=O) groups is 1. The number of anilines is 2. The van der Waals surface area contributed by atoms with Crippen molar-refractivity contribution in [3.05, 3.63) is 53.3 Å². The van der Waals surface area contributed by atoms with Gasteiger partial charge in [0.25, 0.3) is 5.91 Å². The minimum Gasteiger partial charge on any atom is -0.383 e. The van der Waals surface area contributed by atoms with Crippen LogP contribution >= 0.6 is 0 Å². The van der Waals surface area contributed by atoms with Gasteiger partial charge in [-0.05, 0) is 50.1 Å². The molecule has 0 spiro atoms. The van der Waals surface area contributed by atoms with E-state index in [9.17, 15) is 4.79 Å². The Morgan fingerprint density at radius 1 is 1.24 bits per heavy atom. The van der Waals surface area contributed by atoms with Crippen molar-refractivity contribution in [3.8, 4) is 0 Å². The molecule has 0 radical (unpaired) electrons. The molecule has 1 aromatic carbocycles. The minimum absolute atomic E-state index is 0.0432. The molecule has 21 heavy (non-hydrogen) atoms. The molecule has 0 aliphatic carbocycles. The molecular formula is C17H21N3O. The SMILES string of the molecule is CCNc1cnccc1C(=O)N(C)c1cc(C)cc(C)c1. The molecule has 2 aromatic rings. The molecule has 0 aliphatic heterocycles. The molecule has 0 bridgehead atoms. The highest BCUT2D eigenvalue weighted by molar-refractivity contribution is 6.09. The highest BCUT2D eigenvalue weighted by Gasteiger charge is 2.17. The fourth-order valence-corrected chi connectivity index (χ4v) is 2.35. The van der Waals surface area contributed by atoms with Crippen LogP contribution in [-0.4, -0.2) is 24.5 Å². The maximum absolute atomic E-state index is 12.7. The van der Waals surface area contributed by atoms with Crippen molar-refractivity contribution < 1.29 is 4.79 Å². The summed E-state index contributed by atoms with van der Waals surface area (Å²) in [5, 5.41) is 3.18. The molecule has 0 aliphatic rings. The summed E-state index contributed by atoms with van der Waals surface area (Å²) >= 11 is 0. The number of nitrogens with zero attached hydrogens (tertiary/aromatic N) is 2. The molecule has 2 rings (SSSR count). The fraction of sp³-hybridized carbons (Fsp3) is 0.294. The van der Waals surface area contributed by atoms with Gasteiger partial charge in [-0.25, -0.2) is 0 Å². The summed E-state index contributed by atoms with van der Waals surface area (Å²) in [6, 6.07) is 7.87. The number of hydrogen-bond acceptors (Lipinski definition) is 3. The smallest absolute Gasteiger partial charge is 0.260 e. The monoisotopic (exact) mass is 283 g/mol. The number of aryl methyl sites for hydroxylation is 2. The molecule has 0 atom stereocenters. The van der Waals surface area contributed by atoms with Crippen molar-refractivity contribution in [2.24, 2.45) is 0 Å². The van der Waals surface area contributed by atoms with Gasteiger partial charge in [0.15, 0.2) is 0 Å². The molecular weight excluding hydrogens is 262 g/mol. The van der Waals surface area contributed by atoms with E-state index in [1.54, 1.807) is 30.4 Å². The molecule has 0 saturated carbocycles. The standard InChI is InChI=1S/C17H21N3O/c1-5-19-16-11-18-7-6-15(16)17(21)20(4)14-9-12(2)8-13(3)10-14/h6-11,19H,5H2,1-4H3. The number of hydrogen-bond donors (Lipinski definition) is 1. The predicted octanol–water partition coefficient (Wildman–Crippen LogP) is 3.41. The second-order valence-corrected chi connectivity index (χ2v) is 5.16. The Morgan fingerprint density at radius 2 is 1.90 bits per heavy atom. The van der Waals surface area contributed by atoms with E-state index >= 15 is 0 Å². The van der Waals surface area contributed by atoms with E-state index in [0.29, 0.717) is 5.56 Å². The molecule has 1 heterocycles. The first-order chi connectivity index (χ1) is 10.0. The number of aromatic nitrogens is 1. The van der Waals surface area contributed by atoms with Crippen LogP contribution in [0.5, 0.6) is 0 Å². The Morgan fingerprint density at radius 3 is 2.52 bits per heavy atom. The van der Waals surface area contributed by atoms with Crippen LogP contribution in [0, 0.1) is 13.8 Å². The van der Waals surface area contributed by atoms with Crippen LogP contribution in [0.1, 0.15) is 28.4 Å². The molecule has 4 heteroatoms. The molecule has 1 amide bonds. The third-order valence-corrected chi connectivity index (χ3v) is 3.32. The van der Waals surface area contributed by atoms with Crippen LogP contribution in [0.15, 0.2) is 36.7 Å². The van der Waals surface area contributed by atoms with Crippen LogP contribution in [0.25, 0.3) is 0 Å². The second kappa shape index (κ2) is 6.39. The van der Waals surface area contributed by atoms with Crippen LogP contribution in [0.3, 0.4) is 0 Å². The highest BCUT2D eigenvalue weighted by Crippen LogP contribution is 2.22. The second-order valence-electron chi connectivity index (χ2n) is 5.16. The van der Waals surface area contributed by atoms with Crippen molar-refractivity contribution in [2.75, 3.05) is 23.8 Å². The summed E-state index contributed by atoms with van der Waals surface area (Å²) < 4.78 is 0. The van der Waals surface area contributed by atoms with E-state index in [4.69, 9.17) is 0 Å².